The summed E-state index contributed by atoms with van der Waals surface area (Å²) in [7, 11) is -3.89. The second-order valence-electron chi connectivity index (χ2n) is 7.68. The molecule has 4 rings (SSSR count). The second-order valence-corrected chi connectivity index (χ2v) is 9.49. The number of nitrogens with one attached hydrogen (secondary N) is 1. The van der Waals surface area contributed by atoms with E-state index < -0.39 is 22.5 Å². The lowest BCUT2D eigenvalue weighted by molar-refractivity contribution is -0.0504. The number of carbonyl (C=O) groups excluding carboxylic acids is 1. The maximum Gasteiger partial charge on any atom is 0.387 e. The Morgan fingerprint density at radius 3 is 2.61 bits per heavy atom. The normalized spacial score (nSPS) is 15.4. The lowest BCUT2D eigenvalue weighted by Gasteiger charge is -2.24. The van der Waals surface area contributed by atoms with Crippen LogP contribution in [0.4, 0.5) is 14.5 Å². The van der Waals surface area contributed by atoms with Gasteiger partial charge in [0.25, 0.3) is 15.9 Å². The number of hydrogen-bond acceptors (Lipinski definition) is 4. The van der Waals surface area contributed by atoms with Crippen molar-refractivity contribution >= 4 is 21.6 Å². The van der Waals surface area contributed by atoms with Crippen molar-refractivity contribution in [2.75, 3.05) is 4.31 Å². The van der Waals surface area contributed by atoms with Crippen LogP contribution in [0, 0.1) is 0 Å². The third-order valence-corrected chi connectivity index (χ3v) is 7.35. The van der Waals surface area contributed by atoms with Crippen molar-refractivity contribution in [3.05, 3.63) is 89.5 Å². The second kappa shape index (κ2) is 9.19. The van der Waals surface area contributed by atoms with Crippen molar-refractivity contribution in [2.45, 2.75) is 37.4 Å². The van der Waals surface area contributed by atoms with Gasteiger partial charge in [0.2, 0.25) is 0 Å². The van der Waals surface area contributed by atoms with Crippen LogP contribution in [0.25, 0.3) is 0 Å². The molecule has 0 bridgehead atoms. The molecule has 0 aromatic heterocycles. The molecule has 0 saturated carbocycles. The molecule has 3 aromatic carbocycles. The van der Waals surface area contributed by atoms with E-state index in [9.17, 15) is 22.0 Å². The molecule has 6 nitrogen and oxygen atoms in total. The first-order chi connectivity index (χ1) is 15.8. The zero-order chi connectivity index (χ0) is 23.6. The van der Waals surface area contributed by atoms with Gasteiger partial charge < -0.3 is 10.1 Å². The highest BCUT2D eigenvalue weighted by Gasteiger charge is 2.36. The van der Waals surface area contributed by atoms with E-state index in [0.29, 0.717) is 17.7 Å². The van der Waals surface area contributed by atoms with E-state index >= 15 is 0 Å². The van der Waals surface area contributed by atoms with E-state index in [4.69, 9.17) is 0 Å². The molecule has 0 spiro atoms. The first-order valence-corrected chi connectivity index (χ1v) is 11.7. The van der Waals surface area contributed by atoms with E-state index in [1.807, 2.05) is 19.1 Å². The summed E-state index contributed by atoms with van der Waals surface area (Å²) in [5.41, 5.74) is 2.10. The van der Waals surface area contributed by atoms with Gasteiger partial charge in [0.05, 0.1) is 10.6 Å². The van der Waals surface area contributed by atoms with Crippen LogP contribution >= 0.6 is 0 Å². The number of fused-ring (bicyclic) bond motifs is 1. The van der Waals surface area contributed by atoms with Crippen LogP contribution in [0.1, 0.15) is 28.4 Å². The Balaban J connectivity index is 1.54. The van der Waals surface area contributed by atoms with Gasteiger partial charge >= 0.3 is 6.61 Å². The minimum Gasteiger partial charge on any atom is -0.434 e. The number of hydrogen-bond donors (Lipinski definition) is 1. The molecule has 1 N–H and O–H groups in total. The maximum atomic E-state index is 13.4. The van der Waals surface area contributed by atoms with Crippen LogP contribution in [0.5, 0.6) is 5.75 Å². The van der Waals surface area contributed by atoms with Crippen molar-refractivity contribution in [3.63, 3.8) is 0 Å². The molecule has 0 fully saturated rings. The predicted molar refractivity (Wildman–Crippen MR) is 120 cm³/mol. The predicted octanol–water partition coefficient (Wildman–Crippen LogP) is 4.36. The molecule has 1 aliphatic rings. The third kappa shape index (κ3) is 4.68. The molecule has 33 heavy (non-hydrogen) atoms. The summed E-state index contributed by atoms with van der Waals surface area (Å²) in [6.07, 6.45) is 0.607. The quantitative estimate of drug-likeness (QED) is 0.555. The fourth-order valence-corrected chi connectivity index (χ4v) is 5.69. The number of benzene rings is 3. The summed E-state index contributed by atoms with van der Waals surface area (Å²) in [6, 6.07) is 19.0. The van der Waals surface area contributed by atoms with Gasteiger partial charge in [-0.3, -0.25) is 9.10 Å². The standard InChI is InChI=1S/C24H22F2N2O4S/c1-16-13-17-7-2-4-11-21(17)28(16)33(30,31)20-10-6-9-18(14-20)23(29)27-15-19-8-3-5-12-22(19)32-24(25)26/h2-12,14,16,24H,13,15H2,1H3,(H,27,29). The molecular formula is C24H22F2N2O4S. The molecule has 1 unspecified atom stereocenters. The summed E-state index contributed by atoms with van der Waals surface area (Å²) in [4.78, 5) is 12.7. The highest BCUT2D eigenvalue weighted by atomic mass is 32.2. The van der Waals surface area contributed by atoms with Gasteiger partial charge in [0.15, 0.2) is 0 Å². The molecule has 0 radical (unpaired) electrons. The van der Waals surface area contributed by atoms with Gasteiger partial charge in [0.1, 0.15) is 5.75 Å². The number of anilines is 1. The van der Waals surface area contributed by atoms with Crippen LogP contribution in [0.3, 0.4) is 0 Å². The van der Waals surface area contributed by atoms with Crippen LogP contribution in [-0.4, -0.2) is 27.0 Å². The molecule has 1 heterocycles. The monoisotopic (exact) mass is 472 g/mol. The average molecular weight is 473 g/mol. The third-order valence-electron chi connectivity index (χ3n) is 5.43. The Morgan fingerprint density at radius 1 is 1.09 bits per heavy atom. The summed E-state index contributed by atoms with van der Waals surface area (Å²) in [6.45, 7) is -1.20. The number of nitrogens with zero attached hydrogens (tertiary/aromatic N) is 1. The van der Waals surface area contributed by atoms with Crippen molar-refractivity contribution in [3.8, 4) is 5.75 Å². The Morgan fingerprint density at radius 2 is 1.82 bits per heavy atom. The molecule has 1 aliphatic heterocycles. The first kappa shape index (κ1) is 22.7. The lowest BCUT2D eigenvalue weighted by Crippen LogP contribution is -2.35. The van der Waals surface area contributed by atoms with Gasteiger partial charge in [-0.1, -0.05) is 42.5 Å². The molecular weight excluding hydrogens is 450 g/mol. The number of ether oxygens (including phenoxy) is 1. The summed E-state index contributed by atoms with van der Waals surface area (Å²) < 4.78 is 57.9. The van der Waals surface area contributed by atoms with Crippen LogP contribution in [0.15, 0.2) is 77.7 Å². The van der Waals surface area contributed by atoms with E-state index in [1.54, 1.807) is 30.3 Å². The number of alkyl halides is 2. The summed E-state index contributed by atoms with van der Waals surface area (Å²) >= 11 is 0. The Kier molecular flexibility index (Phi) is 6.33. The minimum atomic E-state index is -3.89. The van der Waals surface area contributed by atoms with Crippen molar-refractivity contribution < 1.29 is 26.7 Å². The fraction of sp³-hybridized carbons (Fsp3) is 0.208. The van der Waals surface area contributed by atoms with Crippen LogP contribution in [-0.2, 0) is 23.0 Å². The van der Waals surface area contributed by atoms with Crippen molar-refractivity contribution in [1.82, 2.24) is 5.32 Å². The Bertz CT molecular complexity index is 1280. The summed E-state index contributed by atoms with van der Waals surface area (Å²) in [5, 5.41) is 2.63. The Hall–Kier alpha value is -3.46. The lowest BCUT2D eigenvalue weighted by atomic mass is 10.1. The zero-order valence-corrected chi connectivity index (χ0v) is 18.6. The van der Waals surface area contributed by atoms with Gasteiger partial charge in [0, 0.05) is 23.7 Å². The maximum absolute atomic E-state index is 13.4. The van der Waals surface area contributed by atoms with Crippen molar-refractivity contribution in [2.24, 2.45) is 0 Å². The fourth-order valence-electron chi connectivity index (χ4n) is 3.95. The average Bonchev–Trinajstić information content (AvgIpc) is 3.14. The number of rotatable bonds is 7. The van der Waals surface area contributed by atoms with Crippen LogP contribution < -0.4 is 14.4 Å². The number of sulfonamides is 1. The Labute approximate surface area is 190 Å². The molecule has 0 aliphatic carbocycles. The largest absolute Gasteiger partial charge is 0.434 e. The summed E-state index contributed by atoms with van der Waals surface area (Å²) in [5.74, 6) is -0.570. The number of para-hydroxylation sites is 2. The number of halogens is 2. The van der Waals surface area contributed by atoms with E-state index in [1.165, 1.54) is 34.6 Å². The first-order valence-electron chi connectivity index (χ1n) is 10.3. The van der Waals surface area contributed by atoms with E-state index in [0.717, 1.165) is 5.56 Å². The molecule has 0 saturated heterocycles. The highest BCUT2D eigenvalue weighted by molar-refractivity contribution is 7.92. The topological polar surface area (TPSA) is 75.7 Å². The van der Waals surface area contributed by atoms with Gasteiger partial charge in [-0.2, -0.15) is 8.78 Å². The van der Waals surface area contributed by atoms with E-state index in [-0.39, 0.29) is 28.8 Å². The highest BCUT2D eigenvalue weighted by Crippen LogP contribution is 2.36. The van der Waals surface area contributed by atoms with Crippen LogP contribution in [0.2, 0.25) is 0 Å². The van der Waals surface area contributed by atoms with Crippen molar-refractivity contribution in [1.29, 1.82) is 0 Å². The van der Waals surface area contributed by atoms with Gasteiger partial charge in [-0.15, -0.1) is 0 Å². The molecule has 172 valence electrons. The molecule has 1 amide bonds. The van der Waals surface area contributed by atoms with E-state index in [2.05, 4.69) is 10.1 Å². The zero-order valence-electron chi connectivity index (χ0n) is 17.7. The molecule has 3 aromatic rings. The van der Waals surface area contributed by atoms with Gasteiger partial charge in [-0.05, 0) is 49.2 Å². The minimum absolute atomic E-state index is 0.000127. The van der Waals surface area contributed by atoms with Gasteiger partial charge in [-0.25, -0.2) is 8.42 Å². The SMILES string of the molecule is CC1Cc2ccccc2N1S(=O)(=O)c1cccc(C(=O)NCc2ccccc2OC(F)F)c1. The number of carbonyl (C=O) groups is 1. The molecule has 1 atom stereocenters. The molecule has 9 heteroatoms. The number of amides is 1. The smallest absolute Gasteiger partial charge is 0.387 e.